The highest BCUT2D eigenvalue weighted by atomic mass is 15.1. The Morgan fingerprint density at radius 1 is 0.745 bits per heavy atom. The minimum Gasteiger partial charge on any atom is -0.299 e. The van der Waals surface area contributed by atoms with Gasteiger partial charge >= 0.3 is 0 Å². The summed E-state index contributed by atoms with van der Waals surface area (Å²) < 4.78 is 2.43. The van der Waals surface area contributed by atoms with E-state index < -0.39 is 0 Å². The van der Waals surface area contributed by atoms with Crippen LogP contribution in [0, 0.1) is 25.2 Å². The molecule has 0 aliphatic heterocycles. The summed E-state index contributed by atoms with van der Waals surface area (Å²) in [5.74, 6) is 2.34. The predicted molar refractivity (Wildman–Crippen MR) is 202 cm³/mol. The molecule has 1 saturated carbocycles. The molecule has 0 radical (unpaired) electrons. The molecule has 244 valence electrons. The predicted octanol–water partition coefficient (Wildman–Crippen LogP) is 12.6. The quantitative estimate of drug-likeness (QED) is 0.160. The summed E-state index contributed by atoms with van der Waals surface area (Å²) >= 11 is 0. The molecule has 1 aliphatic rings. The Kier molecular flexibility index (Phi) is 8.62. The number of imidazole rings is 1. The monoisotopic (exact) mass is 622 g/mol. The van der Waals surface area contributed by atoms with Gasteiger partial charge in [-0.25, -0.2) is 4.98 Å². The molecular weight excluding hydrogens is 569 g/mol. The highest BCUT2D eigenvalue weighted by molar-refractivity contribution is 5.80. The minimum absolute atomic E-state index is 0.0961. The number of hydrogen-bond donors (Lipinski definition) is 0. The normalized spacial score (nSPS) is 17.2. The Balaban J connectivity index is 1.63. The van der Waals surface area contributed by atoms with E-state index in [1.165, 1.54) is 73.3 Å². The van der Waals surface area contributed by atoms with Gasteiger partial charge in [0.25, 0.3) is 0 Å². The maximum absolute atomic E-state index is 5.21. The summed E-state index contributed by atoms with van der Waals surface area (Å²) in [6.45, 7) is 25.7. The third-order valence-corrected chi connectivity index (χ3v) is 11.0. The first kappa shape index (κ1) is 33.0. The zero-order chi connectivity index (χ0) is 33.8. The second-order valence-corrected chi connectivity index (χ2v) is 16.1. The fraction of sp³-hybridized carbons (Fsp3) is 0.400. The van der Waals surface area contributed by atoms with Crippen molar-refractivity contribution in [2.24, 2.45) is 11.3 Å². The van der Waals surface area contributed by atoms with E-state index in [-0.39, 0.29) is 10.8 Å². The smallest absolute Gasteiger partial charge is 0.144 e. The van der Waals surface area contributed by atoms with Crippen molar-refractivity contribution >= 4 is 0 Å². The molecule has 5 aromatic rings. The average Bonchev–Trinajstić information content (AvgIpc) is 3.30. The van der Waals surface area contributed by atoms with E-state index in [1.54, 1.807) is 0 Å². The van der Waals surface area contributed by atoms with Gasteiger partial charge in [0, 0.05) is 18.0 Å². The molecule has 6 rings (SSSR count). The van der Waals surface area contributed by atoms with E-state index >= 15 is 0 Å². The van der Waals surface area contributed by atoms with E-state index in [0.717, 1.165) is 12.2 Å². The SMILES string of the molecule is Cc1cccc(C)c1-c1ccc(C2(C)CC2(C)C)c(-c2nccn2-c2c(C(C)C)ccc(-c3cccc(CC(C)C)c3)c2C(C)C)c1. The van der Waals surface area contributed by atoms with Crippen molar-refractivity contribution in [1.29, 1.82) is 0 Å². The van der Waals surface area contributed by atoms with Crippen LogP contribution in [-0.2, 0) is 11.8 Å². The summed E-state index contributed by atoms with van der Waals surface area (Å²) in [6, 6.07) is 27.8. The van der Waals surface area contributed by atoms with Gasteiger partial charge in [0.2, 0.25) is 0 Å². The van der Waals surface area contributed by atoms with Crippen LogP contribution in [0.5, 0.6) is 0 Å². The molecule has 0 amide bonds. The Morgan fingerprint density at radius 2 is 1.43 bits per heavy atom. The van der Waals surface area contributed by atoms with Gasteiger partial charge in [-0.3, -0.25) is 4.57 Å². The van der Waals surface area contributed by atoms with Gasteiger partial charge in [-0.2, -0.15) is 0 Å². The van der Waals surface area contributed by atoms with Crippen molar-refractivity contribution in [2.45, 2.75) is 106 Å². The van der Waals surface area contributed by atoms with Crippen LogP contribution in [0.3, 0.4) is 0 Å². The average molecular weight is 623 g/mol. The molecule has 1 atom stereocenters. The highest BCUT2D eigenvalue weighted by Gasteiger charge is 2.59. The van der Waals surface area contributed by atoms with E-state index in [4.69, 9.17) is 4.98 Å². The van der Waals surface area contributed by atoms with Crippen LogP contribution in [0.2, 0.25) is 0 Å². The first-order valence-electron chi connectivity index (χ1n) is 17.7. The maximum Gasteiger partial charge on any atom is 0.144 e. The summed E-state index contributed by atoms with van der Waals surface area (Å²) in [4.78, 5) is 5.21. The summed E-state index contributed by atoms with van der Waals surface area (Å²) in [7, 11) is 0. The molecule has 1 aliphatic carbocycles. The van der Waals surface area contributed by atoms with Crippen LogP contribution in [-0.4, -0.2) is 9.55 Å². The lowest BCUT2D eigenvalue weighted by atomic mass is 9.83. The number of benzene rings is 4. The molecule has 1 unspecified atom stereocenters. The summed E-state index contributed by atoms with van der Waals surface area (Å²) in [5.41, 5.74) is 16.3. The zero-order valence-corrected chi connectivity index (χ0v) is 30.6. The van der Waals surface area contributed by atoms with Gasteiger partial charge in [0.05, 0.1) is 5.69 Å². The topological polar surface area (TPSA) is 17.8 Å². The Morgan fingerprint density at radius 3 is 2.04 bits per heavy atom. The van der Waals surface area contributed by atoms with Crippen LogP contribution >= 0.6 is 0 Å². The molecule has 4 aromatic carbocycles. The summed E-state index contributed by atoms with van der Waals surface area (Å²) in [6.07, 6.45) is 6.47. The van der Waals surface area contributed by atoms with Crippen LogP contribution in [0.15, 0.2) is 85.2 Å². The van der Waals surface area contributed by atoms with Gasteiger partial charge in [0.1, 0.15) is 5.82 Å². The van der Waals surface area contributed by atoms with Crippen molar-refractivity contribution in [2.75, 3.05) is 0 Å². The Hall–Kier alpha value is -3.91. The molecular formula is C45H54N2. The molecule has 2 nitrogen and oxygen atoms in total. The minimum atomic E-state index is 0.0961. The lowest BCUT2D eigenvalue weighted by molar-refractivity contribution is 0.529. The summed E-state index contributed by atoms with van der Waals surface area (Å²) in [5, 5.41) is 0. The van der Waals surface area contributed by atoms with E-state index in [1.807, 2.05) is 6.20 Å². The first-order chi connectivity index (χ1) is 22.2. The lowest BCUT2D eigenvalue weighted by Crippen LogP contribution is -2.14. The number of aryl methyl sites for hydroxylation is 2. The second kappa shape index (κ2) is 12.3. The largest absolute Gasteiger partial charge is 0.299 e. The third kappa shape index (κ3) is 5.90. The Bertz CT molecular complexity index is 1910. The zero-order valence-electron chi connectivity index (χ0n) is 30.6. The standard InChI is InChI=1S/C45H54N2/c1-28(2)24-33-16-13-17-34(25-33)37-20-19-36(29(3)4)42(40(37)30(5)6)47-23-22-46-43(47)38-26-35(41-31(7)14-12-15-32(41)8)18-21-39(38)45(11)27-44(45,9)10/h12-23,25-26,28-30H,24,27H2,1-11H3. The number of aromatic nitrogens is 2. The fourth-order valence-corrected chi connectivity index (χ4v) is 8.15. The first-order valence-corrected chi connectivity index (χ1v) is 17.7. The van der Waals surface area contributed by atoms with Crippen molar-refractivity contribution < 1.29 is 0 Å². The van der Waals surface area contributed by atoms with E-state index in [9.17, 15) is 0 Å². The molecule has 0 bridgehead atoms. The maximum atomic E-state index is 5.21. The molecule has 0 saturated heterocycles. The van der Waals surface area contributed by atoms with Crippen molar-refractivity contribution in [3.05, 3.63) is 119 Å². The van der Waals surface area contributed by atoms with Crippen molar-refractivity contribution in [3.8, 4) is 39.3 Å². The third-order valence-electron chi connectivity index (χ3n) is 11.0. The fourth-order valence-electron chi connectivity index (χ4n) is 8.15. The van der Waals surface area contributed by atoms with Gasteiger partial charge in [-0.1, -0.05) is 129 Å². The van der Waals surface area contributed by atoms with Crippen LogP contribution < -0.4 is 0 Å². The van der Waals surface area contributed by atoms with Crippen molar-refractivity contribution in [3.63, 3.8) is 0 Å². The van der Waals surface area contributed by atoms with Crippen molar-refractivity contribution in [1.82, 2.24) is 9.55 Å². The van der Waals surface area contributed by atoms with E-state index in [0.29, 0.717) is 17.8 Å². The van der Waals surface area contributed by atoms with Crippen LogP contribution in [0.4, 0.5) is 0 Å². The number of nitrogens with zero attached hydrogens (tertiary/aromatic N) is 2. The van der Waals surface area contributed by atoms with Crippen LogP contribution in [0.1, 0.15) is 114 Å². The molecule has 0 N–H and O–H groups in total. The van der Waals surface area contributed by atoms with Crippen LogP contribution in [0.25, 0.3) is 39.3 Å². The molecule has 1 heterocycles. The lowest BCUT2D eigenvalue weighted by Gasteiger charge is -2.27. The van der Waals surface area contributed by atoms with Gasteiger partial charge < -0.3 is 0 Å². The molecule has 1 aromatic heterocycles. The molecule has 2 heteroatoms. The second-order valence-electron chi connectivity index (χ2n) is 16.1. The van der Waals surface area contributed by atoms with Gasteiger partial charge in [0.15, 0.2) is 0 Å². The highest BCUT2D eigenvalue weighted by Crippen LogP contribution is 2.65. The molecule has 0 spiro atoms. The molecule has 47 heavy (non-hydrogen) atoms. The Labute approximate surface area is 284 Å². The van der Waals surface area contributed by atoms with Gasteiger partial charge in [-0.05, 0) is 117 Å². The van der Waals surface area contributed by atoms with Gasteiger partial charge in [-0.15, -0.1) is 0 Å². The number of hydrogen-bond acceptors (Lipinski definition) is 1. The van der Waals surface area contributed by atoms with E-state index in [2.05, 4.69) is 160 Å². The molecule has 1 fully saturated rings. The number of rotatable bonds is 9.